The third-order valence-corrected chi connectivity index (χ3v) is 4.74. The third-order valence-electron chi connectivity index (χ3n) is 4.74. The van der Waals surface area contributed by atoms with Crippen molar-refractivity contribution in [2.75, 3.05) is 13.7 Å². The molecule has 7 heteroatoms. The van der Waals surface area contributed by atoms with E-state index in [0.717, 1.165) is 34.7 Å². The zero-order valence-corrected chi connectivity index (χ0v) is 14.8. The molecule has 7 nitrogen and oxygen atoms in total. The van der Waals surface area contributed by atoms with E-state index in [-0.39, 0.29) is 18.5 Å². The first-order valence-electron chi connectivity index (χ1n) is 8.60. The standard InChI is InChI=1S/C19H21N5O2/c1-13-9-22-23(10-13)11-17(25)24-8-7-16-18(21-12-20-16)19(24)14-3-5-15(26-2)6-4-14/h3-6,9-10,12,19H,7-8,11H2,1-2H3,(H,20,21). The predicted octanol–water partition coefficient (Wildman–Crippen LogP) is 2.10. The van der Waals surface area contributed by atoms with Crippen LogP contribution in [0.4, 0.5) is 0 Å². The monoisotopic (exact) mass is 351 g/mol. The average molecular weight is 351 g/mol. The van der Waals surface area contributed by atoms with E-state index in [2.05, 4.69) is 15.1 Å². The van der Waals surface area contributed by atoms with Crippen LogP contribution < -0.4 is 4.74 Å². The van der Waals surface area contributed by atoms with Gasteiger partial charge in [0.2, 0.25) is 5.91 Å². The molecule has 2 aromatic heterocycles. The quantitative estimate of drug-likeness (QED) is 0.781. The number of aryl methyl sites for hydroxylation is 1. The number of carbonyl (C=O) groups is 1. The molecule has 0 spiro atoms. The number of aromatic nitrogens is 4. The second-order valence-electron chi connectivity index (χ2n) is 6.49. The number of fused-ring (bicyclic) bond motifs is 1. The van der Waals surface area contributed by atoms with Crippen molar-refractivity contribution in [2.45, 2.75) is 25.9 Å². The molecule has 0 fully saturated rings. The van der Waals surface area contributed by atoms with Crippen LogP contribution in [0.5, 0.6) is 5.75 Å². The summed E-state index contributed by atoms with van der Waals surface area (Å²) >= 11 is 0. The molecule has 4 rings (SSSR count). The van der Waals surface area contributed by atoms with Crippen LogP contribution in [0.3, 0.4) is 0 Å². The van der Waals surface area contributed by atoms with Crippen LogP contribution in [-0.4, -0.2) is 44.2 Å². The molecule has 0 aliphatic carbocycles. The highest BCUT2D eigenvalue weighted by Crippen LogP contribution is 2.34. The summed E-state index contributed by atoms with van der Waals surface area (Å²) in [6.07, 6.45) is 6.11. The third kappa shape index (κ3) is 2.96. The van der Waals surface area contributed by atoms with Gasteiger partial charge in [0, 0.05) is 24.9 Å². The van der Waals surface area contributed by atoms with Crippen molar-refractivity contribution in [1.82, 2.24) is 24.6 Å². The zero-order chi connectivity index (χ0) is 18.1. The van der Waals surface area contributed by atoms with Gasteiger partial charge in [-0.25, -0.2) is 4.98 Å². The summed E-state index contributed by atoms with van der Waals surface area (Å²) in [5.74, 6) is 0.819. The smallest absolute Gasteiger partial charge is 0.245 e. The number of amides is 1. The van der Waals surface area contributed by atoms with Gasteiger partial charge in [0.25, 0.3) is 0 Å². The molecule has 0 bridgehead atoms. The molecule has 0 saturated heterocycles. The molecule has 1 aromatic carbocycles. The fourth-order valence-corrected chi connectivity index (χ4v) is 3.45. The second kappa shape index (κ2) is 6.67. The molecule has 0 radical (unpaired) electrons. The highest BCUT2D eigenvalue weighted by atomic mass is 16.5. The molecule has 0 saturated carbocycles. The van der Waals surface area contributed by atoms with Crippen LogP contribution in [0.25, 0.3) is 0 Å². The minimum absolute atomic E-state index is 0.0302. The molecule has 1 amide bonds. The maximum atomic E-state index is 13.0. The summed E-state index contributed by atoms with van der Waals surface area (Å²) in [7, 11) is 1.64. The van der Waals surface area contributed by atoms with Crippen LogP contribution in [-0.2, 0) is 17.8 Å². The number of methoxy groups -OCH3 is 1. The number of benzene rings is 1. The Kier molecular flexibility index (Phi) is 4.20. The normalized spacial score (nSPS) is 16.4. The van der Waals surface area contributed by atoms with E-state index in [1.54, 1.807) is 24.3 Å². The number of nitrogens with zero attached hydrogens (tertiary/aromatic N) is 4. The van der Waals surface area contributed by atoms with E-state index in [1.165, 1.54) is 0 Å². The first-order chi connectivity index (χ1) is 12.7. The van der Waals surface area contributed by atoms with Gasteiger partial charge < -0.3 is 14.6 Å². The van der Waals surface area contributed by atoms with Gasteiger partial charge in [-0.15, -0.1) is 0 Å². The van der Waals surface area contributed by atoms with Gasteiger partial charge in [-0.3, -0.25) is 9.48 Å². The Bertz CT molecular complexity index is 912. The maximum Gasteiger partial charge on any atom is 0.245 e. The lowest BCUT2D eigenvalue weighted by atomic mass is 9.95. The van der Waals surface area contributed by atoms with Crippen LogP contribution in [0, 0.1) is 6.92 Å². The Morgan fingerprint density at radius 3 is 2.85 bits per heavy atom. The number of hydrogen-bond acceptors (Lipinski definition) is 4. The fraction of sp³-hybridized carbons (Fsp3) is 0.316. The van der Waals surface area contributed by atoms with Crippen LogP contribution >= 0.6 is 0 Å². The lowest BCUT2D eigenvalue weighted by Gasteiger charge is -2.35. The number of H-pyrrole nitrogens is 1. The first-order valence-corrected chi connectivity index (χ1v) is 8.60. The Morgan fingerprint density at radius 2 is 2.15 bits per heavy atom. The molecule has 1 N–H and O–H groups in total. The van der Waals surface area contributed by atoms with Crippen molar-refractivity contribution < 1.29 is 9.53 Å². The van der Waals surface area contributed by atoms with Crippen molar-refractivity contribution >= 4 is 5.91 Å². The van der Waals surface area contributed by atoms with E-state index < -0.39 is 0 Å². The molecular weight excluding hydrogens is 330 g/mol. The largest absolute Gasteiger partial charge is 0.497 e. The maximum absolute atomic E-state index is 13.0. The average Bonchev–Trinajstić information content (AvgIpc) is 3.29. The van der Waals surface area contributed by atoms with Crippen molar-refractivity contribution in [3.63, 3.8) is 0 Å². The summed E-state index contributed by atoms with van der Waals surface area (Å²) in [6, 6.07) is 7.60. The topological polar surface area (TPSA) is 76.0 Å². The van der Waals surface area contributed by atoms with Gasteiger partial charge in [0.1, 0.15) is 18.3 Å². The number of rotatable bonds is 4. The zero-order valence-electron chi connectivity index (χ0n) is 14.8. The van der Waals surface area contributed by atoms with E-state index >= 15 is 0 Å². The number of ether oxygens (including phenoxy) is 1. The van der Waals surface area contributed by atoms with Crippen LogP contribution in [0.1, 0.15) is 28.6 Å². The summed E-state index contributed by atoms with van der Waals surface area (Å²) in [4.78, 5) is 22.6. The van der Waals surface area contributed by atoms with Gasteiger partial charge in [0.15, 0.2) is 0 Å². The molecule has 3 aromatic rings. The van der Waals surface area contributed by atoms with Crippen molar-refractivity contribution in [2.24, 2.45) is 0 Å². The number of aromatic amines is 1. The predicted molar refractivity (Wildman–Crippen MR) is 95.8 cm³/mol. The van der Waals surface area contributed by atoms with Gasteiger partial charge in [-0.05, 0) is 30.2 Å². The molecule has 1 atom stereocenters. The van der Waals surface area contributed by atoms with E-state index in [1.807, 2.05) is 42.3 Å². The van der Waals surface area contributed by atoms with E-state index in [9.17, 15) is 4.79 Å². The summed E-state index contributed by atoms with van der Waals surface area (Å²) in [5, 5.41) is 4.24. The Balaban J connectivity index is 1.66. The van der Waals surface area contributed by atoms with Gasteiger partial charge in [-0.2, -0.15) is 5.10 Å². The van der Waals surface area contributed by atoms with Crippen LogP contribution in [0.15, 0.2) is 43.0 Å². The highest BCUT2D eigenvalue weighted by molar-refractivity contribution is 5.77. The minimum Gasteiger partial charge on any atom is -0.497 e. The lowest BCUT2D eigenvalue weighted by Crippen LogP contribution is -2.42. The highest BCUT2D eigenvalue weighted by Gasteiger charge is 2.34. The Morgan fingerprint density at radius 1 is 1.35 bits per heavy atom. The number of hydrogen-bond donors (Lipinski definition) is 1. The summed E-state index contributed by atoms with van der Waals surface area (Å²) in [5.41, 5.74) is 4.05. The van der Waals surface area contributed by atoms with Crippen LogP contribution in [0.2, 0.25) is 0 Å². The molecule has 1 aliphatic rings. The second-order valence-corrected chi connectivity index (χ2v) is 6.49. The minimum atomic E-state index is -0.208. The summed E-state index contributed by atoms with van der Waals surface area (Å²) in [6.45, 7) is 2.83. The number of nitrogens with one attached hydrogen (secondary N) is 1. The van der Waals surface area contributed by atoms with Crippen molar-refractivity contribution in [1.29, 1.82) is 0 Å². The lowest BCUT2D eigenvalue weighted by molar-refractivity contribution is -0.134. The fourth-order valence-electron chi connectivity index (χ4n) is 3.45. The SMILES string of the molecule is COc1ccc(C2c3nc[nH]c3CCN2C(=O)Cn2cc(C)cn2)cc1. The molecule has 26 heavy (non-hydrogen) atoms. The van der Waals surface area contributed by atoms with Gasteiger partial charge >= 0.3 is 0 Å². The Labute approximate surface area is 151 Å². The van der Waals surface area contributed by atoms with Gasteiger partial charge in [0.05, 0.1) is 25.3 Å². The molecule has 1 unspecified atom stereocenters. The van der Waals surface area contributed by atoms with Crippen molar-refractivity contribution in [3.05, 3.63) is 65.5 Å². The number of carbonyl (C=O) groups excluding carboxylic acids is 1. The van der Waals surface area contributed by atoms with Crippen molar-refractivity contribution in [3.8, 4) is 5.75 Å². The molecule has 3 heterocycles. The Hall–Kier alpha value is -3.09. The van der Waals surface area contributed by atoms with E-state index in [0.29, 0.717) is 6.54 Å². The molecular formula is C19H21N5O2. The number of imidazole rings is 1. The molecule has 134 valence electrons. The van der Waals surface area contributed by atoms with E-state index in [4.69, 9.17) is 4.74 Å². The molecule has 1 aliphatic heterocycles. The first kappa shape index (κ1) is 16.4. The summed E-state index contributed by atoms with van der Waals surface area (Å²) < 4.78 is 6.94. The van der Waals surface area contributed by atoms with Gasteiger partial charge in [-0.1, -0.05) is 12.1 Å².